The van der Waals surface area contributed by atoms with E-state index in [0.29, 0.717) is 30.5 Å². The molecule has 6 nitrogen and oxygen atoms in total. The fraction of sp³-hybridized carbons (Fsp3) is 0.450. The molecule has 1 atom stereocenters. The zero-order valence-corrected chi connectivity index (χ0v) is 15.7. The van der Waals surface area contributed by atoms with Gasteiger partial charge in [-0.05, 0) is 30.5 Å². The maximum Gasteiger partial charge on any atom is 0.228 e. The Labute approximate surface area is 153 Å². The van der Waals surface area contributed by atoms with E-state index >= 15 is 0 Å². The van der Waals surface area contributed by atoms with Gasteiger partial charge in [0.05, 0.1) is 12.5 Å². The molecule has 1 aromatic carbocycles. The summed E-state index contributed by atoms with van der Waals surface area (Å²) in [5.41, 5.74) is 2.80. The normalized spacial score (nSPS) is 17.2. The number of aryl methyl sites for hydroxylation is 1. The van der Waals surface area contributed by atoms with Crippen molar-refractivity contribution < 1.29 is 14.1 Å². The van der Waals surface area contributed by atoms with Gasteiger partial charge in [0.1, 0.15) is 11.5 Å². The van der Waals surface area contributed by atoms with Crippen molar-refractivity contribution in [2.75, 3.05) is 18.5 Å². The highest BCUT2D eigenvalue weighted by Gasteiger charge is 2.36. The smallest absolute Gasteiger partial charge is 0.228 e. The topological polar surface area (TPSA) is 66.7 Å². The number of amides is 2. The van der Waals surface area contributed by atoms with E-state index in [1.165, 1.54) is 5.56 Å². The van der Waals surface area contributed by atoms with E-state index in [2.05, 4.69) is 19.0 Å². The number of benzene rings is 1. The first-order valence-electron chi connectivity index (χ1n) is 8.92. The van der Waals surface area contributed by atoms with Gasteiger partial charge in [0.15, 0.2) is 0 Å². The van der Waals surface area contributed by atoms with Gasteiger partial charge in [-0.2, -0.15) is 0 Å². The largest absolute Gasteiger partial charge is 0.361 e. The van der Waals surface area contributed by atoms with Crippen molar-refractivity contribution >= 4 is 17.5 Å². The number of aromatic nitrogens is 1. The van der Waals surface area contributed by atoms with Gasteiger partial charge >= 0.3 is 0 Å². The van der Waals surface area contributed by atoms with Gasteiger partial charge in [-0.25, -0.2) is 0 Å². The highest BCUT2D eigenvalue weighted by molar-refractivity contribution is 6.00. The molecule has 0 N–H and O–H groups in total. The van der Waals surface area contributed by atoms with Gasteiger partial charge in [0.2, 0.25) is 11.8 Å². The highest BCUT2D eigenvalue weighted by Crippen LogP contribution is 2.28. The lowest BCUT2D eigenvalue weighted by Gasteiger charge is -2.21. The molecule has 6 heteroatoms. The lowest BCUT2D eigenvalue weighted by atomic mass is 10.0. The summed E-state index contributed by atoms with van der Waals surface area (Å²) in [5, 5.41) is 3.92. The average molecular weight is 355 g/mol. The summed E-state index contributed by atoms with van der Waals surface area (Å²) < 4.78 is 5.04. The summed E-state index contributed by atoms with van der Waals surface area (Å²) in [6.07, 6.45) is 0.243. The molecule has 26 heavy (non-hydrogen) atoms. The van der Waals surface area contributed by atoms with E-state index in [9.17, 15) is 9.59 Å². The molecule has 0 saturated carbocycles. The number of hydrogen-bond donors (Lipinski definition) is 0. The number of anilines is 1. The maximum atomic E-state index is 12.7. The van der Waals surface area contributed by atoms with Crippen LogP contribution in [0.2, 0.25) is 0 Å². The van der Waals surface area contributed by atoms with Crippen LogP contribution in [0.3, 0.4) is 0 Å². The summed E-state index contributed by atoms with van der Waals surface area (Å²) in [6, 6.07) is 9.82. The minimum Gasteiger partial charge on any atom is -0.361 e. The van der Waals surface area contributed by atoms with Crippen LogP contribution in [0.25, 0.3) is 0 Å². The van der Waals surface area contributed by atoms with Crippen LogP contribution in [0.5, 0.6) is 0 Å². The first-order chi connectivity index (χ1) is 12.3. The molecule has 1 aliphatic heterocycles. The third-order valence-corrected chi connectivity index (χ3v) is 4.80. The molecule has 1 fully saturated rings. The Kier molecular flexibility index (Phi) is 5.11. The Morgan fingerprint density at radius 2 is 2.04 bits per heavy atom. The van der Waals surface area contributed by atoms with Crippen molar-refractivity contribution in [3.05, 3.63) is 47.3 Å². The molecule has 0 radical (unpaired) electrons. The molecule has 1 unspecified atom stereocenters. The number of hydrogen-bond acceptors (Lipinski definition) is 4. The number of carbonyl (C=O) groups is 2. The molecule has 2 aromatic rings. The maximum absolute atomic E-state index is 12.7. The van der Waals surface area contributed by atoms with Crippen LogP contribution >= 0.6 is 0 Å². The lowest BCUT2D eigenvalue weighted by molar-refractivity contribution is -0.135. The Morgan fingerprint density at radius 3 is 2.62 bits per heavy atom. The van der Waals surface area contributed by atoms with E-state index in [1.54, 1.807) is 16.8 Å². The predicted octanol–water partition coefficient (Wildman–Crippen LogP) is 3.12. The van der Waals surface area contributed by atoms with Crippen molar-refractivity contribution in [2.24, 2.45) is 5.92 Å². The quantitative estimate of drug-likeness (QED) is 0.826. The summed E-state index contributed by atoms with van der Waals surface area (Å²) >= 11 is 0. The Hall–Kier alpha value is -2.63. The second kappa shape index (κ2) is 7.32. The molecule has 3 rings (SSSR count). The summed E-state index contributed by atoms with van der Waals surface area (Å²) in [5.74, 6) is 0.784. The van der Waals surface area contributed by atoms with E-state index in [4.69, 9.17) is 4.52 Å². The van der Waals surface area contributed by atoms with Crippen LogP contribution in [0.4, 0.5) is 5.69 Å². The summed E-state index contributed by atoms with van der Waals surface area (Å²) in [6.45, 7) is 6.88. The van der Waals surface area contributed by atoms with Gasteiger partial charge in [-0.1, -0.05) is 31.1 Å². The molecular formula is C20H25N3O3. The van der Waals surface area contributed by atoms with Gasteiger partial charge < -0.3 is 14.3 Å². The third kappa shape index (κ3) is 3.79. The summed E-state index contributed by atoms with van der Waals surface area (Å²) in [7, 11) is 1.73. The van der Waals surface area contributed by atoms with Crippen molar-refractivity contribution in [2.45, 2.75) is 39.7 Å². The van der Waals surface area contributed by atoms with Gasteiger partial charge in [-0.3, -0.25) is 9.59 Å². The van der Waals surface area contributed by atoms with Crippen molar-refractivity contribution in [1.29, 1.82) is 0 Å². The monoisotopic (exact) mass is 355 g/mol. The summed E-state index contributed by atoms with van der Waals surface area (Å²) in [4.78, 5) is 28.5. The molecule has 0 spiro atoms. The molecular weight excluding hydrogens is 330 g/mol. The first kappa shape index (κ1) is 18.2. The van der Waals surface area contributed by atoms with Crippen LogP contribution < -0.4 is 4.90 Å². The molecule has 1 saturated heterocycles. The fourth-order valence-corrected chi connectivity index (χ4v) is 3.29. The second-order valence-electron chi connectivity index (χ2n) is 7.27. The number of carbonyl (C=O) groups excluding carboxylic acids is 2. The van der Waals surface area contributed by atoms with Crippen molar-refractivity contribution in [3.8, 4) is 0 Å². The molecule has 138 valence electrons. The van der Waals surface area contributed by atoms with Crippen molar-refractivity contribution in [1.82, 2.24) is 10.1 Å². The SMILES string of the molecule is Cc1cc(CN(C)C(=O)C2CC(=O)N(c3ccc(C(C)C)cc3)C2)no1. The van der Waals surface area contributed by atoms with Crippen LogP contribution in [-0.2, 0) is 16.1 Å². The fourth-order valence-electron chi connectivity index (χ4n) is 3.29. The van der Waals surface area contributed by atoms with Gasteiger partial charge in [-0.15, -0.1) is 0 Å². The van der Waals surface area contributed by atoms with Crippen LogP contribution in [-0.4, -0.2) is 35.5 Å². The molecule has 2 amide bonds. The third-order valence-electron chi connectivity index (χ3n) is 4.80. The van der Waals surface area contributed by atoms with E-state index in [-0.39, 0.29) is 24.2 Å². The van der Waals surface area contributed by atoms with Crippen LogP contribution in [0.1, 0.15) is 43.2 Å². The minimum absolute atomic E-state index is 0.00803. The van der Waals surface area contributed by atoms with Crippen LogP contribution in [0.15, 0.2) is 34.9 Å². The molecule has 1 aromatic heterocycles. The first-order valence-corrected chi connectivity index (χ1v) is 8.92. The minimum atomic E-state index is -0.328. The second-order valence-corrected chi connectivity index (χ2v) is 7.27. The van der Waals surface area contributed by atoms with Gasteiger partial charge in [0, 0.05) is 31.8 Å². The highest BCUT2D eigenvalue weighted by atomic mass is 16.5. The van der Waals surface area contributed by atoms with Gasteiger partial charge in [0.25, 0.3) is 0 Å². The molecule has 0 aliphatic carbocycles. The number of nitrogens with zero attached hydrogens (tertiary/aromatic N) is 3. The predicted molar refractivity (Wildman–Crippen MR) is 98.7 cm³/mol. The van der Waals surface area contributed by atoms with Crippen molar-refractivity contribution in [3.63, 3.8) is 0 Å². The lowest BCUT2D eigenvalue weighted by Crippen LogP contribution is -2.34. The Bertz CT molecular complexity index is 795. The Morgan fingerprint density at radius 1 is 1.35 bits per heavy atom. The van der Waals surface area contributed by atoms with E-state index in [0.717, 1.165) is 5.69 Å². The van der Waals surface area contributed by atoms with E-state index in [1.807, 2.05) is 37.3 Å². The average Bonchev–Trinajstić information content (AvgIpc) is 3.19. The zero-order valence-electron chi connectivity index (χ0n) is 15.7. The molecule has 1 aliphatic rings. The molecule has 0 bridgehead atoms. The standard InChI is InChI=1S/C20H25N3O3/c1-13(2)15-5-7-18(8-6-15)23-11-16(10-19(23)24)20(25)22(4)12-17-9-14(3)26-21-17/h5-9,13,16H,10-12H2,1-4H3. The Balaban J connectivity index is 1.65. The zero-order chi connectivity index (χ0) is 18.8. The number of rotatable bonds is 5. The van der Waals surface area contributed by atoms with Crippen LogP contribution in [0, 0.1) is 12.8 Å². The molecule has 2 heterocycles. The van der Waals surface area contributed by atoms with E-state index < -0.39 is 0 Å².